The van der Waals surface area contributed by atoms with E-state index in [0.717, 1.165) is 16.9 Å². The van der Waals surface area contributed by atoms with Gasteiger partial charge in [0.15, 0.2) is 0 Å². The zero-order valence-corrected chi connectivity index (χ0v) is 16.5. The van der Waals surface area contributed by atoms with E-state index < -0.39 is 10.0 Å². The fourth-order valence-electron chi connectivity index (χ4n) is 2.60. The monoisotopic (exact) mass is 424 g/mol. The van der Waals surface area contributed by atoms with Crippen molar-refractivity contribution in [1.29, 1.82) is 0 Å². The molecule has 2 heterocycles. The van der Waals surface area contributed by atoms with Gasteiger partial charge in [-0.25, -0.2) is 8.42 Å². The highest BCUT2D eigenvalue weighted by Crippen LogP contribution is 2.29. The minimum atomic E-state index is -3.47. The molecule has 3 rings (SSSR count). The molecule has 0 amide bonds. The van der Waals surface area contributed by atoms with E-state index in [9.17, 15) is 8.42 Å². The van der Waals surface area contributed by atoms with Crippen LogP contribution in [-0.4, -0.2) is 43.8 Å². The van der Waals surface area contributed by atoms with E-state index >= 15 is 0 Å². The number of sulfonamides is 1. The minimum absolute atomic E-state index is 0.287. The SMILES string of the molecule is O=S(=O)(c1ccc(Cl)s1)N1CCN(Cc2c(Cl)cccc2Cl)CC1. The van der Waals surface area contributed by atoms with E-state index in [2.05, 4.69) is 4.90 Å². The number of hydrogen-bond donors (Lipinski definition) is 0. The molecule has 1 aliphatic rings. The lowest BCUT2D eigenvalue weighted by molar-refractivity contribution is 0.182. The number of hydrogen-bond acceptors (Lipinski definition) is 4. The first-order valence-electron chi connectivity index (χ1n) is 7.28. The van der Waals surface area contributed by atoms with Crippen LogP contribution in [0.1, 0.15) is 5.56 Å². The summed E-state index contributed by atoms with van der Waals surface area (Å²) < 4.78 is 27.4. The first-order chi connectivity index (χ1) is 11.4. The minimum Gasteiger partial charge on any atom is -0.296 e. The van der Waals surface area contributed by atoms with Gasteiger partial charge < -0.3 is 0 Å². The lowest BCUT2D eigenvalue weighted by Crippen LogP contribution is -2.48. The van der Waals surface area contributed by atoms with Gasteiger partial charge in [-0.3, -0.25) is 4.90 Å². The summed E-state index contributed by atoms with van der Waals surface area (Å²) in [6.45, 7) is 2.72. The number of rotatable bonds is 4. The Morgan fingerprint density at radius 3 is 2.12 bits per heavy atom. The Balaban J connectivity index is 1.66. The number of piperazine rings is 1. The molecule has 1 aliphatic heterocycles. The molecule has 0 spiro atoms. The molecule has 0 bridgehead atoms. The maximum absolute atomic E-state index is 12.6. The summed E-state index contributed by atoms with van der Waals surface area (Å²) in [5.41, 5.74) is 0.877. The van der Waals surface area contributed by atoms with Gasteiger partial charge >= 0.3 is 0 Å². The Labute approximate surface area is 160 Å². The summed E-state index contributed by atoms with van der Waals surface area (Å²) >= 11 is 19.3. The van der Waals surface area contributed by atoms with Crippen molar-refractivity contribution in [3.8, 4) is 0 Å². The van der Waals surface area contributed by atoms with Crippen LogP contribution in [0.15, 0.2) is 34.5 Å². The lowest BCUT2D eigenvalue weighted by atomic mass is 10.2. The van der Waals surface area contributed by atoms with Gasteiger partial charge in [0, 0.05) is 48.3 Å². The second-order valence-electron chi connectivity index (χ2n) is 5.44. The van der Waals surface area contributed by atoms with E-state index in [4.69, 9.17) is 34.8 Å². The van der Waals surface area contributed by atoms with Gasteiger partial charge in [-0.1, -0.05) is 40.9 Å². The van der Waals surface area contributed by atoms with Gasteiger partial charge in [0.2, 0.25) is 0 Å². The third-order valence-electron chi connectivity index (χ3n) is 3.92. The lowest BCUT2D eigenvalue weighted by Gasteiger charge is -2.34. The number of halogens is 3. The largest absolute Gasteiger partial charge is 0.296 e. The molecule has 2 aromatic rings. The van der Waals surface area contributed by atoms with Gasteiger partial charge in [-0.2, -0.15) is 4.31 Å². The zero-order valence-electron chi connectivity index (χ0n) is 12.6. The highest BCUT2D eigenvalue weighted by atomic mass is 35.5. The highest BCUT2D eigenvalue weighted by Gasteiger charge is 2.29. The zero-order chi connectivity index (χ0) is 17.3. The Bertz CT molecular complexity index is 811. The average molecular weight is 426 g/mol. The first kappa shape index (κ1) is 18.5. The Hall–Kier alpha value is -0.340. The second-order valence-corrected chi connectivity index (χ2v) is 10.1. The molecule has 0 radical (unpaired) electrons. The van der Waals surface area contributed by atoms with Crippen molar-refractivity contribution in [1.82, 2.24) is 9.21 Å². The molecule has 0 unspecified atom stereocenters. The Morgan fingerprint density at radius 1 is 0.958 bits per heavy atom. The molecule has 1 aromatic carbocycles. The van der Waals surface area contributed by atoms with Gasteiger partial charge in [0.25, 0.3) is 10.0 Å². The first-order valence-corrected chi connectivity index (χ1v) is 10.7. The molecule has 1 aromatic heterocycles. The van der Waals surface area contributed by atoms with Crippen LogP contribution in [0.2, 0.25) is 14.4 Å². The Kier molecular flexibility index (Phi) is 5.76. The standard InChI is InChI=1S/C15H15Cl3N2O2S2/c16-12-2-1-3-13(17)11(12)10-19-6-8-20(9-7-19)24(21,22)15-5-4-14(18)23-15/h1-5H,6-10H2. The van der Waals surface area contributed by atoms with E-state index in [1.165, 1.54) is 4.31 Å². The third-order valence-corrected chi connectivity index (χ3v) is 8.22. The van der Waals surface area contributed by atoms with Crippen LogP contribution in [0.3, 0.4) is 0 Å². The molecule has 0 saturated carbocycles. The summed E-state index contributed by atoms with van der Waals surface area (Å²) in [5.74, 6) is 0. The van der Waals surface area contributed by atoms with E-state index in [-0.39, 0.29) is 4.21 Å². The van der Waals surface area contributed by atoms with Crippen molar-refractivity contribution in [3.63, 3.8) is 0 Å². The number of thiophene rings is 1. The van der Waals surface area contributed by atoms with Crippen LogP contribution in [0, 0.1) is 0 Å². The quantitative estimate of drug-likeness (QED) is 0.736. The molecule has 0 N–H and O–H groups in total. The molecule has 9 heteroatoms. The average Bonchev–Trinajstić information content (AvgIpc) is 2.99. The van der Waals surface area contributed by atoms with E-state index in [1.807, 2.05) is 18.2 Å². The van der Waals surface area contributed by atoms with Crippen LogP contribution < -0.4 is 0 Å². The van der Waals surface area contributed by atoms with E-state index in [1.54, 1.807) is 12.1 Å². The topological polar surface area (TPSA) is 40.6 Å². The fourth-order valence-corrected chi connectivity index (χ4v) is 6.17. The maximum atomic E-state index is 12.6. The second kappa shape index (κ2) is 7.50. The third kappa shape index (κ3) is 3.90. The van der Waals surface area contributed by atoms with Gasteiger partial charge in [0.05, 0.1) is 4.34 Å². The van der Waals surface area contributed by atoms with Crippen molar-refractivity contribution in [3.05, 3.63) is 50.3 Å². The molecular formula is C15H15Cl3N2O2S2. The number of nitrogens with zero attached hydrogens (tertiary/aromatic N) is 2. The smallest absolute Gasteiger partial charge is 0.252 e. The molecular weight excluding hydrogens is 411 g/mol. The van der Waals surface area contributed by atoms with E-state index in [0.29, 0.717) is 47.1 Å². The number of benzene rings is 1. The van der Waals surface area contributed by atoms with Gasteiger partial charge in [-0.05, 0) is 24.3 Å². The van der Waals surface area contributed by atoms with Crippen molar-refractivity contribution in [2.45, 2.75) is 10.8 Å². The van der Waals surface area contributed by atoms with Crippen molar-refractivity contribution in [2.24, 2.45) is 0 Å². The predicted octanol–water partition coefficient (Wildman–Crippen LogP) is 4.21. The summed E-state index contributed by atoms with van der Waals surface area (Å²) in [6.07, 6.45) is 0. The summed E-state index contributed by atoms with van der Waals surface area (Å²) in [4.78, 5) is 2.15. The molecule has 4 nitrogen and oxygen atoms in total. The summed E-state index contributed by atoms with van der Waals surface area (Å²) in [5, 5.41) is 1.26. The highest BCUT2D eigenvalue weighted by molar-refractivity contribution is 7.91. The summed E-state index contributed by atoms with van der Waals surface area (Å²) in [6, 6.07) is 8.59. The molecule has 130 valence electrons. The molecule has 1 saturated heterocycles. The molecule has 1 fully saturated rings. The van der Waals surface area contributed by atoms with Crippen LogP contribution >= 0.6 is 46.1 Å². The van der Waals surface area contributed by atoms with Gasteiger partial charge in [-0.15, -0.1) is 11.3 Å². The molecule has 24 heavy (non-hydrogen) atoms. The van der Waals surface area contributed by atoms with Crippen molar-refractivity contribution < 1.29 is 8.42 Å². The maximum Gasteiger partial charge on any atom is 0.252 e. The Morgan fingerprint density at radius 2 is 1.58 bits per heavy atom. The fraction of sp³-hybridized carbons (Fsp3) is 0.333. The normalized spacial score (nSPS) is 17.3. The molecule has 0 atom stereocenters. The summed E-state index contributed by atoms with van der Waals surface area (Å²) in [7, 11) is -3.47. The van der Waals surface area contributed by atoms with Crippen LogP contribution in [-0.2, 0) is 16.6 Å². The van der Waals surface area contributed by atoms with Crippen LogP contribution in [0.25, 0.3) is 0 Å². The predicted molar refractivity (Wildman–Crippen MR) is 99.8 cm³/mol. The van der Waals surface area contributed by atoms with Gasteiger partial charge in [0.1, 0.15) is 4.21 Å². The van der Waals surface area contributed by atoms with Crippen LogP contribution in [0.4, 0.5) is 0 Å². The molecule has 0 aliphatic carbocycles. The van der Waals surface area contributed by atoms with Crippen molar-refractivity contribution >= 4 is 56.2 Å². The van der Waals surface area contributed by atoms with Crippen molar-refractivity contribution in [2.75, 3.05) is 26.2 Å². The van der Waals surface area contributed by atoms with Crippen LogP contribution in [0.5, 0.6) is 0 Å².